The van der Waals surface area contributed by atoms with Crippen LogP contribution in [0, 0.1) is 0 Å². The number of carboxylic acids is 1. The number of fused-ring (bicyclic) bond motifs is 2. The van der Waals surface area contributed by atoms with Crippen molar-refractivity contribution in [2.24, 2.45) is 0 Å². The summed E-state index contributed by atoms with van der Waals surface area (Å²) < 4.78 is 35.2. The number of likely N-dealkylation sites (tertiary alicyclic amines) is 1. The van der Waals surface area contributed by atoms with Gasteiger partial charge in [0, 0.05) is 18.5 Å². The van der Waals surface area contributed by atoms with Gasteiger partial charge in [0.15, 0.2) is 0 Å². The van der Waals surface area contributed by atoms with Gasteiger partial charge in [-0.1, -0.05) is 18.2 Å². The van der Waals surface area contributed by atoms with Crippen LogP contribution in [0.5, 0.6) is 5.75 Å². The maximum atomic E-state index is 12.5. The van der Waals surface area contributed by atoms with Gasteiger partial charge in [-0.05, 0) is 24.3 Å². The van der Waals surface area contributed by atoms with E-state index in [4.69, 9.17) is 4.74 Å². The fraction of sp³-hybridized carbons (Fsp3) is 0.381. The zero-order valence-corrected chi connectivity index (χ0v) is 17.5. The summed E-state index contributed by atoms with van der Waals surface area (Å²) in [5.74, 6) is -1.99. The van der Waals surface area contributed by atoms with Crippen LogP contribution in [0.3, 0.4) is 0 Å². The number of nitrogens with zero attached hydrogens (tertiary/aromatic N) is 1. The van der Waals surface area contributed by atoms with Crippen LogP contribution in [0.2, 0.25) is 0 Å². The topological polar surface area (TPSA) is 105 Å². The molecule has 0 spiro atoms. The monoisotopic (exact) mass is 466 g/mol. The molecule has 0 saturated carbocycles. The highest BCUT2D eigenvalue weighted by atomic mass is 32.2. The Labute approximate surface area is 186 Å². The van der Waals surface area contributed by atoms with Crippen LogP contribution in [0.4, 0.5) is 8.78 Å². The zero-order valence-electron chi connectivity index (χ0n) is 16.6. The molecule has 1 fully saturated rings. The summed E-state index contributed by atoms with van der Waals surface area (Å²) in [5, 5.41) is 11.9. The number of halogens is 2. The third-order valence-corrected chi connectivity index (χ3v) is 6.62. The zero-order chi connectivity index (χ0) is 22.8. The summed E-state index contributed by atoms with van der Waals surface area (Å²) in [6.07, 6.45) is 6.37. The summed E-state index contributed by atoms with van der Waals surface area (Å²) >= 11 is 1.63. The summed E-state index contributed by atoms with van der Waals surface area (Å²) in [4.78, 5) is 38.3. The van der Waals surface area contributed by atoms with E-state index in [2.05, 4.69) is 10.1 Å². The second-order valence-corrected chi connectivity index (χ2v) is 8.65. The molecule has 2 N–H and O–H groups in total. The van der Waals surface area contributed by atoms with Crippen molar-refractivity contribution in [2.45, 2.75) is 41.4 Å². The number of alkyl halides is 2. The van der Waals surface area contributed by atoms with Crippen molar-refractivity contribution in [1.82, 2.24) is 10.2 Å². The van der Waals surface area contributed by atoms with Gasteiger partial charge in [-0.3, -0.25) is 9.59 Å². The molecule has 1 aliphatic carbocycles. The van der Waals surface area contributed by atoms with Gasteiger partial charge in [-0.2, -0.15) is 8.78 Å². The van der Waals surface area contributed by atoms with Crippen LogP contribution in [-0.4, -0.2) is 71.0 Å². The fourth-order valence-corrected chi connectivity index (χ4v) is 4.93. The van der Waals surface area contributed by atoms with Crippen LogP contribution in [0.15, 0.2) is 47.4 Å². The van der Waals surface area contributed by atoms with E-state index in [1.807, 2.05) is 24.3 Å². The number of hydrogen-bond donors (Lipinski definition) is 2. The predicted molar refractivity (Wildman–Crippen MR) is 110 cm³/mol. The van der Waals surface area contributed by atoms with E-state index in [-0.39, 0.29) is 29.9 Å². The number of carbonyl (C=O) groups is 3. The van der Waals surface area contributed by atoms with E-state index in [0.29, 0.717) is 5.75 Å². The molecule has 3 aliphatic rings. The normalized spacial score (nSPS) is 25.8. The minimum absolute atomic E-state index is 0.135. The van der Waals surface area contributed by atoms with Gasteiger partial charge in [0.05, 0.1) is 22.8 Å². The molecule has 1 saturated heterocycles. The molecule has 8 nitrogen and oxygen atoms in total. The summed E-state index contributed by atoms with van der Waals surface area (Å²) in [6, 6.07) is 3.68. The molecule has 2 amide bonds. The minimum Gasteiger partial charge on any atom is -0.484 e. The smallest absolute Gasteiger partial charge is 0.345 e. The molecule has 2 heterocycles. The Kier molecular flexibility index (Phi) is 6.47. The Balaban J connectivity index is 1.37. The van der Waals surface area contributed by atoms with E-state index < -0.39 is 43.1 Å². The van der Waals surface area contributed by atoms with Gasteiger partial charge >= 0.3 is 12.6 Å². The number of allylic oxidation sites excluding steroid dienone is 2. The number of nitrogens with one attached hydrogen (secondary N) is 1. The van der Waals surface area contributed by atoms with E-state index in [0.717, 1.165) is 9.80 Å². The van der Waals surface area contributed by atoms with Crippen LogP contribution in [0.25, 0.3) is 0 Å². The molecular formula is C21H20F2N2O6S. The number of aliphatic carboxylic acids is 1. The van der Waals surface area contributed by atoms with E-state index >= 15 is 0 Å². The van der Waals surface area contributed by atoms with E-state index in [1.54, 1.807) is 30.0 Å². The average molecular weight is 466 g/mol. The van der Waals surface area contributed by atoms with Crippen molar-refractivity contribution in [3.63, 3.8) is 0 Å². The van der Waals surface area contributed by atoms with Crippen molar-refractivity contribution in [2.75, 3.05) is 13.1 Å². The molecule has 11 heteroatoms. The standard InChI is InChI=1S/C21H20F2N2O6S/c22-21(23)30-12-8-13(20(28)29)25(10-12)18(26)9-24-19(27)11-5-6-17-15(7-11)31-14-3-1-2-4-16(14)32-17/h1-7,12-14,16,21H,8-10H2,(H,24,27)(H,28,29)/t12?,13-,14?,16?/m0/s1. The third kappa shape index (κ3) is 4.78. The molecule has 0 bridgehead atoms. The van der Waals surface area contributed by atoms with Gasteiger partial charge in [-0.25, -0.2) is 4.79 Å². The van der Waals surface area contributed by atoms with Crippen LogP contribution < -0.4 is 10.1 Å². The number of benzene rings is 1. The van der Waals surface area contributed by atoms with Gasteiger partial charge < -0.3 is 24.8 Å². The van der Waals surface area contributed by atoms with Crippen molar-refractivity contribution in [1.29, 1.82) is 0 Å². The average Bonchev–Trinajstić information content (AvgIpc) is 3.19. The van der Waals surface area contributed by atoms with Crippen LogP contribution in [0.1, 0.15) is 16.8 Å². The molecule has 2 aliphatic heterocycles. The predicted octanol–water partition coefficient (Wildman–Crippen LogP) is 2.06. The number of carboxylic acid groups (broad SMARTS) is 1. The van der Waals surface area contributed by atoms with Gasteiger partial charge in [0.25, 0.3) is 5.91 Å². The highest BCUT2D eigenvalue weighted by Crippen LogP contribution is 2.42. The summed E-state index contributed by atoms with van der Waals surface area (Å²) in [6.45, 7) is -3.83. The Hall–Kier alpha value is -2.92. The molecule has 170 valence electrons. The fourth-order valence-electron chi connectivity index (χ4n) is 3.82. The van der Waals surface area contributed by atoms with Gasteiger partial charge in [0.1, 0.15) is 17.9 Å². The number of ether oxygens (including phenoxy) is 2. The Morgan fingerprint density at radius 1 is 1.28 bits per heavy atom. The van der Waals surface area contributed by atoms with Crippen molar-refractivity contribution >= 4 is 29.5 Å². The highest BCUT2D eigenvalue weighted by molar-refractivity contribution is 8.00. The van der Waals surface area contributed by atoms with E-state index in [9.17, 15) is 28.3 Å². The van der Waals surface area contributed by atoms with Crippen molar-refractivity contribution in [3.05, 3.63) is 48.1 Å². The first-order valence-electron chi connectivity index (χ1n) is 9.88. The first kappa shape index (κ1) is 22.3. The second-order valence-electron chi connectivity index (χ2n) is 7.43. The molecule has 4 atom stereocenters. The Bertz CT molecular complexity index is 985. The Morgan fingerprint density at radius 3 is 2.81 bits per heavy atom. The lowest BCUT2D eigenvalue weighted by molar-refractivity contribution is -0.160. The first-order chi connectivity index (χ1) is 15.3. The molecule has 1 aromatic carbocycles. The maximum Gasteiger partial charge on any atom is 0.345 e. The number of carbonyl (C=O) groups excluding carboxylic acids is 2. The highest BCUT2D eigenvalue weighted by Gasteiger charge is 2.41. The lowest BCUT2D eigenvalue weighted by Gasteiger charge is -2.31. The molecule has 0 radical (unpaired) electrons. The van der Waals surface area contributed by atoms with Crippen LogP contribution in [-0.2, 0) is 14.3 Å². The first-order valence-corrected chi connectivity index (χ1v) is 10.8. The van der Waals surface area contributed by atoms with Crippen molar-refractivity contribution in [3.8, 4) is 5.75 Å². The molecule has 32 heavy (non-hydrogen) atoms. The van der Waals surface area contributed by atoms with E-state index in [1.165, 1.54) is 0 Å². The number of thioether (sulfide) groups is 1. The summed E-state index contributed by atoms with van der Waals surface area (Å²) in [7, 11) is 0. The molecule has 1 aromatic rings. The largest absolute Gasteiger partial charge is 0.484 e. The Morgan fingerprint density at radius 2 is 2.06 bits per heavy atom. The maximum absolute atomic E-state index is 12.5. The van der Waals surface area contributed by atoms with Crippen molar-refractivity contribution < 1.29 is 37.7 Å². The third-order valence-electron chi connectivity index (χ3n) is 5.33. The second kappa shape index (κ2) is 9.29. The molecule has 0 aromatic heterocycles. The SMILES string of the molecule is O=C(NCC(=O)N1CC(OC(F)F)C[C@H]1C(=O)O)c1ccc2c(c1)OC1C=CC=CC1S2. The number of hydrogen-bond acceptors (Lipinski definition) is 6. The number of amides is 2. The van der Waals surface area contributed by atoms with Gasteiger partial charge in [-0.15, -0.1) is 11.8 Å². The van der Waals surface area contributed by atoms with Gasteiger partial charge in [0.2, 0.25) is 5.91 Å². The lowest BCUT2D eigenvalue weighted by Crippen LogP contribution is -2.45. The molecule has 4 rings (SSSR count). The number of rotatable bonds is 6. The minimum atomic E-state index is -3.07. The van der Waals surface area contributed by atoms with Crippen LogP contribution >= 0.6 is 11.8 Å². The quantitative estimate of drug-likeness (QED) is 0.661. The molecular weight excluding hydrogens is 446 g/mol. The molecule has 3 unspecified atom stereocenters. The lowest BCUT2D eigenvalue weighted by atomic mass is 10.1. The summed E-state index contributed by atoms with van der Waals surface area (Å²) in [5.41, 5.74) is 0.279.